The molecule has 1 saturated carbocycles. The van der Waals surface area contributed by atoms with E-state index in [1.807, 2.05) is 0 Å². The lowest BCUT2D eigenvalue weighted by molar-refractivity contribution is -0.115. The second-order valence-electron chi connectivity index (χ2n) is 5.96. The predicted octanol–water partition coefficient (Wildman–Crippen LogP) is 3.32. The fourth-order valence-electron chi connectivity index (χ4n) is 3.08. The van der Waals surface area contributed by atoms with E-state index in [1.165, 1.54) is 12.5 Å². The molecule has 0 aliphatic heterocycles. The van der Waals surface area contributed by atoms with Gasteiger partial charge in [-0.15, -0.1) is 0 Å². The van der Waals surface area contributed by atoms with Gasteiger partial charge >= 0.3 is 0 Å². The van der Waals surface area contributed by atoms with E-state index in [-0.39, 0.29) is 18.1 Å². The van der Waals surface area contributed by atoms with Crippen molar-refractivity contribution in [2.75, 3.05) is 11.9 Å². The molecule has 2 N–H and O–H groups in total. The van der Waals surface area contributed by atoms with Gasteiger partial charge in [0.05, 0.1) is 12.2 Å². The molecule has 0 unspecified atom stereocenters. The predicted molar refractivity (Wildman–Crippen MR) is 79.0 cm³/mol. The van der Waals surface area contributed by atoms with Crippen molar-refractivity contribution in [3.63, 3.8) is 0 Å². The van der Waals surface area contributed by atoms with Gasteiger partial charge in [0.25, 0.3) is 0 Å². The van der Waals surface area contributed by atoms with Gasteiger partial charge in [-0.25, -0.2) is 8.78 Å². The van der Waals surface area contributed by atoms with Crippen LogP contribution < -0.4 is 10.6 Å². The molecular formula is C16H22F2N2O. The van der Waals surface area contributed by atoms with E-state index in [0.29, 0.717) is 17.9 Å². The van der Waals surface area contributed by atoms with Crippen molar-refractivity contribution in [1.82, 2.24) is 5.32 Å². The molecule has 0 radical (unpaired) electrons. The van der Waals surface area contributed by atoms with Crippen molar-refractivity contribution in [2.24, 2.45) is 11.8 Å². The highest BCUT2D eigenvalue weighted by atomic mass is 19.1. The standard InChI is InChI=1S/C16H22F2N2O/c1-10-4-3-5-11(2)16(10)19-9-15(21)20-14-7-6-12(17)8-13(14)18/h6-8,10-11,16,19H,3-5,9H2,1-2H3,(H,20,21)/t10-,11-/m0/s1. The van der Waals surface area contributed by atoms with Gasteiger partial charge in [0.15, 0.2) is 0 Å². The lowest BCUT2D eigenvalue weighted by atomic mass is 9.79. The largest absolute Gasteiger partial charge is 0.322 e. The Morgan fingerprint density at radius 2 is 1.90 bits per heavy atom. The summed E-state index contributed by atoms with van der Waals surface area (Å²) in [6.07, 6.45) is 3.56. The summed E-state index contributed by atoms with van der Waals surface area (Å²) in [5.74, 6) is -0.671. The molecule has 1 aliphatic rings. The molecular weight excluding hydrogens is 274 g/mol. The van der Waals surface area contributed by atoms with Crippen LogP contribution in [0.4, 0.5) is 14.5 Å². The second-order valence-corrected chi connectivity index (χ2v) is 5.96. The third-order valence-electron chi connectivity index (χ3n) is 4.25. The summed E-state index contributed by atoms with van der Waals surface area (Å²) in [5, 5.41) is 5.73. The number of carbonyl (C=O) groups excluding carboxylic acids is 1. The van der Waals surface area contributed by atoms with Crippen molar-refractivity contribution in [2.45, 2.75) is 39.2 Å². The SMILES string of the molecule is C[C@H]1CCC[C@H](C)C1NCC(=O)Nc1ccc(F)cc1F. The van der Waals surface area contributed by atoms with Gasteiger partial charge in [-0.1, -0.05) is 20.3 Å². The maximum absolute atomic E-state index is 13.5. The van der Waals surface area contributed by atoms with Gasteiger partial charge in [0.1, 0.15) is 11.6 Å². The number of hydrogen-bond donors (Lipinski definition) is 2. The molecule has 2 atom stereocenters. The molecule has 1 aromatic carbocycles. The maximum Gasteiger partial charge on any atom is 0.238 e. The molecule has 3 nitrogen and oxygen atoms in total. The Bertz CT molecular complexity index is 497. The van der Waals surface area contributed by atoms with E-state index in [2.05, 4.69) is 24.5 Å². The van der Waals surface area contributed by atoms with Gasteiger partial charge in [-0.2, -0.15) is 0 Å². The molecule has 1 fully saturated rings. The van der Waals surface area contributed by atoms with Gasteiger partial charge in [0.2, 0.25) is 5.91 Å². The van der Waals surface area contributed by atoms with Gasteiger partial charge in [-0.05, 0) is 36.8 Å². The van der Waals surface area contributed by atoms with E-state index >= 15 is 0 Å². The van der Waals surface area contributed by atoms with Crippen LogP contribution in [0.2, 0.25) is 0 Å². The maximum atomic E-state index is 13.5. The molecule has 2 rings (SSSR count). The molecule has 0 saturated heterocycles. The highest BCUT2D eigenvalue weighted by Crippen LogP contribution is 2.28. The topological polar surface area (TPSA) is 41.1 Å². The van der Waals surface area contributed by atoms with Crippen LogP contribution in [0.5, 0.6) is 0 Å². The lowest BCUT2D eigenvalue weighted by Gasteiger charge is -2.35. The Kier molecular flexibility index (Phi) is 5.28. The first kappa shape index (κ1) is 15.9. The molecule has 5 heteroatoms. The third kappa shape index (κ3) is 4.24. The van der Waals surface area contributed by atoms with Crippen molar-refractivity contribution in [3.05, 3.63) is 29.8 Å². The number of halogens is 2. The van der Waals surface area contributed by atoms with Crippen LogP contribution in [0.15, 0.2) is 18.2 Å². The Balaban J connectivity index is 1.87. The summed E-state index contributed by atoms with van der Waals surface area (Å²) < 4.78 is 26.3. The Morgan fingerprint density at radius 1 is 1.24 bits per heavy atom. The molecule has 1 amide bonds. The van der Waals surface area contributed by atoms with E-state index in [9.17, 15) is 13.6 Å². The molecule has 0 spiro atoms. The Labute approximate surface area is 124 Å². The molecule has 0 aromatic heterocycles. The summed E-state index contributed by atoms with van der Waals surface area (Å²) in [6.45, 7) is 4.51. The van der Waals surface area contributed by atoms with E-state index in [1.54, 1.807) is 0 Å². The molecule has 1 aromatic rings. The molecule has 1 aliphatic carbocycles. The highest BCUT2D eigenvalue weighted by Gasteiger charge is 2.27. The minimum absolute atomic E-state index is 0.00735. The van der Waals surface area contributed by atoms with E-state index in [0.717, 1.165) is 25.0 Å². The van der Waals surface area contributed by atoms with Crippen LogP contribution in [-0.4, -0.2) is 18.5 Å². The second kappa shape index (κ2) is 6.98. The quantitative estimate of drug-likeness (QED) is 0.895. The summed E-state index contributed by atoms with van der Waals surface area (Å²) in [6, 6.07) is 3.42. The summed E-state index contributed by atoms with van der Waals surface area (Å²) in [4.78, 5) is 11.9. The average Bonchev–Trinajstić information content (AvgIpc) is 2.41. The van der Waals surface area contributed by atoms with Crippen molar-refractivity contribution >= 4 is 11.6 Å². The van der Waals surface area contributed by atoms with Gasteiger partial charge < -0.3 is 10.6 Å². The fourth-order valence-corrected chi connectivity index (χ4v) is 3.08. The smallest absolute Gasteiger partial charge is 0.238 e. The number of carbonyl (C=O) groups is 1. The molecule has 21 heavy (non-hydrogen) atoms. The first-order valence-corrected chi connectivity index (χ1v) is 7.45. The monoisotopic (exact) mass is 296 g/mol. The van der Waals surface area contributed by atoms with E-state index in [4.69, 9.17) is 0 Å². The first-order chi connectivity index (χ1) is 9.97. The normalized spacial score (nSPS) is 23.0. The van der Waals surface area contributed by atoms with Crippen LogP contribution in [0.3, 0.4) is 0 Å². The summed E-state index contributed by atoms with van der Waals surface area (Å²) in [5.41, 5.74) is 0.00735. The number of anilines is 1. The number of rotatable bonds is 4. The van der Waals surface area contributed by atoms with Crippen LogP contribution in [0.25, 0.3) is 0 Å². The minimum atomic E-state index is -0.761. The Hall–Kier alpha value is -1.49. The first-order valence-electron chi connectivity index (χ1n) is 7.45. The zero-order valence-electron chi connectivity index (χ0n) is 12.5. The summed E-state index contributed by atoms with van der Waals surface area (Å²) in [7, 11) is 0. The van der Waals surface area contributed by atoms with Crippen molar-refractivity contribution < 1.29 is 13.6 Å². The average molecular weight is 296 g/mol. The molecule has 116 valence electrons. The van der Waals surface area contributed by atoms with E-state index < -0.39 is 11.6 Å². The third-order valence-corrected chi connectivity index (χ3v) is 4.25. The number of nitrogens with one attached hydrogen (secondary N) is 2. The van der Waals surface area contributed by atoms with Crippen molar-refractivity contribution in [1.29, 1.82) is 0 Å². The van der Waals surface area contributed by atoms with Crippen LogP contribution in [0, 0.1) is 23.5 Å². The highest BCUT2D eigenvalue weighted by molar-refractivity contribution is 5.92. The number of hydrogen-bond acceptors (Lipinski definition) is 2. The summed E-state index contributed by atoms with van der Waals surface area (Å²) >= 11 is 0. The van der Waals surface area contributed by atoms with Crippen LogP contribution >= 0.6 is 0 Å². The lowest BCUT2D eigenvalue weighted by Crippen LogP contribution is -2.45. The van der Waals surface area contributed by atoms with Crippen LogP contribution in [-0.2, 0) is 4.79 Å². The van der Waals surface area contributed by atoms with Crippen LogP contribution in [0.1, 0.15) is 33.1 Å². The minimum Gasteiger partial charge on any atom is -0.322 e. The number of amides is 1. The zero-order chi connectivity index (χ0) is 15.4. The molecule has 0 heterocycles. The molecule has 0 bridgehead atoms. The van der Waals surface area contributed by atoms with Crippen molar-refractivity contribution in [3.8, 4) is 0 Å². The fraction of sp³-hybridized carbons (Fsp3) is 0.562. The number of benzene rings is 1. The Morgan fingerprint density at radius 3 is 2.52 bits per heavy atom. The van der Waals surface area contributed by atoms with Gasteiger partial charge in [-0.3, -0.25) is 4.79 Å². The zero-order valence-corrected chi connectivity index (χ0v) is 12.5. The van der Waals surface area contributed by atoms with Gasteiger partial charge in [0, 0.05) is 12.1 Å².